The molecule has 2 fully saturated rings. The van der Waals surface area contributed by atoms with Gasteiger partial charge in [0, 0.05) is 26.2 Å². The van der Waals surface area contributed by atoms with Crippen LogP contribution in [0.2, 0.25) is 0 Å². The van der Waals surface area contributed by atoms with Gasteiger partial charge in [-0.15, -0.1) is 11.3 Å². The molecule has 1 aromatic heterocycles. The summed E-state index contributed by atoms with van der Waals surface area (Å²) in [5, 5.41) is 5.08. The second-order valence-corrected chi connectivity index (χ2v) is 10.6. The van der Waals surface area contributed by atoms with Crippen molar-refractivity contribution in [2.24, 2.45) is 5.92 Å². The second kappa shape index (κ2) is 10.3. The molecule has 2 aliphatic rings. The van der Waals surface area contributed by atoms with Crippen LogP contribution >= 0.6 is 11.3 Å². The first kappa shape index (κ1) is 24.4. The van der Waals surface area contributed by atoms with Crippen LogP contribution in [-0.2, 0) is 11.2 Å². The number of piperidine rings is 1. The van der Waals surface area contributed by atoms with Crippen molar-refractivity contribution in [2.45, 2.75) is 38.1 Å². The van der Waals surface area contributed by atoms with Gasteiger partial charge >= 0.3 is 6.03 Å². The molecule has 1 atom stereocenters. The number of carbonyl (C=O) groups is 3. The molecule has 182 valence electrons. The van der Waals surface area contributed by atoms with Gasteiger partial charge in [-0.25, -0.2) is 4.79 Å². The number of hydrogen-bond donors (Lipinski definition) is 1. The predicted octanol–water partition coefficient (Wildman–Crippen LogP) is 3.39. The topological polar surface area (TPSA) is 73.0 Å². The average molecular weight is 483 g/mol. The molecule has 0 bridgehead atoms. The Hall–Kier alpha value is -2.71. The van der Waals surface area contributed by atoms with Gasteiger partial charge in [-0.05, 0) is 75.2 Å². The molecule has 0 spiro atoms. The monoisotopic (exact) mass is 482 g/mol. The molecule has 4 rings (SSSR count). The minimum absolute atomic E-state index is 0.00880. The number of carbonyl (C=O) groups excluding carboxylic acids is 3. The summed E-state index contributed by atoms with van der Waals surface area (Å²) < 4.78 is 0. The molecule has 1 N–H and O–H groups in total. The average Bonchev–Trinajstić information content (AvgIpc) is 3.37. The lowest BCUT2D eigenvalue weighted by Gasteiger charge is -2.41. The van der Waals surface area contributed by atoms with Crippen LogP contribution in [0.25, 0.3) is 0 Å². The molecule has 0 aliphatic carbocycles. The number of amides is 4. The molecule has 2 aromatic rings. The van der Waals surface area contributed by atoms with Crippen LogP contribution in [0.5, 0.6) is 0 Å². The van der Waals surface area contributed by atoms with Gasteiger partial charge in [0.15, 0.2) is 0 Å². The highest BCUT2D eigenvalue weighted by atomic mass is 32.1. The standard InChI is InChI=1S/C26H34N4O3S/c1-19-12-18-34-22(19)23(31)29-14-10-21(11-15-29)26(13-9-20-7-5-4-6-8-20)24(32)30(25(33)27-26)17-16-28(2)3/h4-8,12,18,21H,9-11,13-17H2,1-3H3,(H,27,33)/t26-/m1/s1. The van der Waals surface area contributed by atoms with Crippen LogP contribution < -0.4 is 5.32 Å². The Morgan fingerprint density at radius 3 is 2.47 bits per heavy atom. The number of hydrogen-bond acceptors (Lipinski definition) is 5. The Morgan fingerprint density at radius 1 is 1.15 bits per heavy atom. The number of aryl methyl sites for hydroxylation is 2. The molecule has 3 heterocycles. The summed E-state index contributed by atoms with van der Waals surface area (Å²) in [5.41, 5.74) is 1.23. The van der Waals surface area contributed by atoms with Crippen molar-refractivity contribution >= 4 is 29.2 Å². The number of nitrogens with one attached hydrogen (secondary N) is 1. The second-order valence-electron chi connectivity index (χ2n) is 9.65. The lowest BCUT2D eigenvalue weighted by Crippen LogP contribution is -2.57. The van der Waals surface area contributed by atoms with Crippen LogP contribution in [-0.4, -0.2) is 78.4 Å². The van der Waals surface area contributed by atoms with Gasteiger partial charge in [0.2, 0.25) is 0 Å². The minimum atomic E-state index is -0.923. The van der Waals surface area contributed by atoms with Crippen LogP contribution in [0.3, 0.4) is 0 Å². The quantitative estimate of drug-likeness (QED) is 0.586. The summed E-state index contributed by atoms with van der Waals surface area (Å²) in [4.78, 5) is 45.8. The number of thiophene rings is 1. The Balaban J connectivity index is 1.52. The maximum atomic E-state index is 13.8. The lowest BCUT2D eigenvalue weighted by molar-refractivity contribution is -0.134. The third-order valence-corrected chi connectivity index (χ3v) is 8.16. The first-order valence-corrected chi connectivity index (χ1v) is 12.9. The van der Waals surface area contributed by atoms with E-state index in [1.54, 1.807) is 0 Å². The molecule has 0 unspecified atom stereocenters. The Bertz CT molecular complexity index is 1030. The van der Waals surface area contributed by atoms with Gasteiger partial charge in [0.25, 0.3) is 11.8 Å². The zero-order chi connectivity index (χ0) is 24.3. The number of likely N-dealkylation sites (tertiary alicyclic amines) is 1. The number of imide groups is 1. The molecule has 7 nitrogen and oxygen atoms in total. The van der Waals surface area contributed by atoms with Crippen LogP contribution in [0.15, 0.2) is 41.8 Å². The summed E-state index contributed by atoms with van der Waals surface area (Å²) in [5.74, 6) is -0.0571. The van der Waals surface area contributed by atoms with Crippen molar-refractivity contribution in [3.05, 3.63) is 57.8 Å². The number of urea groups is 1. The lowest BCUT2D eigenvalue weighted by atomic mass is 9.74. The van der Waals surface area contributed by atoms with Crippen LogP contribution in [0.1, 0.15) is 40.1 Å². The van der Waals surface area contributed by atoms with E-state index in [1.165, 1.54) is 16.2 Å². The highest BCUT2D eigenvalue weighted by Gasteiger charge is 2.55. The SMILES string of the molecule is Cc1ccsc1C(=O)N1CCC([C@@]2(CCc3ccccc3)NC(=O)N(CCN(C)C)C2=O)CC1. The molecule has 2 saturated heterocycles. The van der Waals surface area contributed by atoms with Gasteiger partial charge < -0.3 is 15.1 Å². The van der Waals surface area contributed by atoms with Crippen LogP contribution in [0.4, 0.5) is 4.79 Å². The third-order valence-electron chi connectivity index (χ3n) is 7.16. The van der Waals surface area contributed by atoms with Crippen molar-refractivity contribution in [1.82, 2.24) is 20.0 Å². The number of likely N-dealkylation sites (N-methyl/N-ethyl adjacent to an activating group) is 1. The van der Waals surface area contributed by atoms with Crippen molar-refractivity contribution in [1.29, 1.82) is 0 Å². The van der Waals surface area contributed by atoms with Gasteiger partial charge in [-0.3, -0.25) is 14.5 Å². The predicted molar refractivity (Wildman–Crippen MR) is 134 cm³/mol. The first-order chi connectivity index (χ1) is 16.3. The van der Waals surface area contributed by atoms with E-state index in [0.29, 0.717) is 51.9 Å². The molecule has 1 aromatic carbocycles. The Labute approximate surface area is 205 Å². The van der Waals surface area contributed by atoms with Crippen molar-refractivity contribution < 1.29 is 14.4 Å². The van der Waals surface area contributed by atoms with Gasteiger partial charge in [0.1, 0.15) is 5.54 Å². The summed E-state index contributed by atoms with van der Waals surface area (Å²) in [6, 6.07) is 11.8. The van der Waals surface area contributed by atoms with E-state index in [9.17, 15) is 14.4 Å². The van der Waals surface area contributed by atoms with E-state index >= 15 is 0 Å². The van der Waals surface area contributed by atoms with E-state index in [1.807, 2.05) is 60.5 Å². The molecule has 8 heteroatoms. The van der Waals surface area contributed by atoms with Gasteiger partial charge in [-0.2, -0.15) is 0 Å². The van der Waals surface area contributed by atoms with Crippen molar-refractivity contribution in [3.8, 4) is 0 Å². The summed E-state index contributed by atoms with van der Waals surface area (Å²) in [6.07, 6.45) is 2.65. The van der Waals surface area contributed by atoms with E-state index in [0.717, 1.165) is 16.0 Å². The summed E-state index contributed by atoms with van der Waals surface area (Å²) in [7, 11) is 3.87. The van der Waals surface area contributed by atoms with Crippen molar-refractivity contribution in [2.75, 3.05) is 40.3 Å². The number of rotatable bonds is 8. The molecular formula is C26H34N4O3S. The fourth-order valence-corrected chi connectivity index (χ4v) is 5.99. The van der Waals surface area contributed by atoms with E-state index in [2.05, 4.69) is 17.4 Å². The van der Waals surface area contributed by atoms with Crippen molar-refractivity contribution in [3.63, 3.8) is 0 Å². The highest BCUT2D eigenvalue weighted by molar-refractivity contribution is 7.12. The first-order valence-electron chi connectivity index (χ1n) is 12.0. The number of nitrogens with zero attached hydrogens (tertiary/aromatic N) is 3. The summed E-state index contributed by atoms with van der Waals surface area (Å²) >= 11 is 1.48. The molecule has 0 radical (unpaired) electrons. The van der Waals surface area contributed by atoms with E-state index < -0.39 is 5.54 Å². The zero-order valence-corrected chi connectivity index (χ0v) is 21.1. The minimum Gasteiger partial charge on any atom is -0.338 e. The largest absolute Gasteiger partial charge is 0.338 e. The fourth-order valence-electron chi connectivity index (χ4n) is 5.10. The smallest absolute Gasteiger partial charge is 0.325 e. The maximum absolute atomic E-state index is 13.8. The number of benzene rings is 1. The molecule has 0 saturated carbocycles. The van der Waals surface area contributed by atoms with Gasteiger partial charge in [0.05, 0.1) is 4.88 Å². The fraction of sp³-hybridized carbons (Fsp3) is 0.500. The highest BCUT2D eigenvalue weighted by Crippen LogP contribution is 2.37. The maximum Gasteiger partial charge on any atom is 0.325 e. The van der Waals surface area contributed by atoms with E-state index in [4.69, 9.17) is 0 Å². The molecule has 2 aliphatic heterocycles. The molecular weight excluding hydrogens is 448 g/mol. The zero-order valence-electron chi connectivity index (χ0n) is 20.3. The van der Waals surface area contributed by atoms with Crippen LogP contribution in [0, 0.1) is 12.8 Å². The summed E-state index contributed by atoms with van der Waals surface area (Å²) in [6.45, 7) is 4.15. The van der Waals surface area contributed by atoms with Gasteiger partial charge in [-0.1, -0.05) is 30.3 Å². The molecule has 34 heavy (non-hydrogen) atoms. The van der Waals surface area contributed by atoms with E-state index in [-0.39, 0.29) is 23.8 Å². The Morgan fingerprint density at radius 2 is 1.85 bits per heavy atom. The molecule has 4 amide bonds. The Kier molecular flexibility index (Phi) is 7.38. The third kappa shape index (κ3) is 4.88. The normalized spacial score (nSPS) is 21.4.